The zero-order valence-electron chi connectivity index (χ0n) is 15.0. The molecule has 4 rings (SSSR count). The Morgan fingerprint density at radius 2 is 2.00 bits per heavy atom. The highest BCUT2D eigenvalue weighted by atomic mass is 32.2. The SMILES string of the molecule is CN1C(=O)COc2ccc(-c3csc(NS(=O)(=O)Cc4ccccc4)n3)cc21. The van der Waals surface area contributed by atoms with E-state index in [2.05, 4.69) is 9.71 Å². The number of carbonyl (C=O) groups excluding carboxylic acids is 1. The molecule has 0 saturated heterocycles. The summed E-state index contributed by atoms with van der Waals surface area (Å²) in [5.41, 5.74) is 2.76. The highest BCUT2D eigenvalue weighted by Gasteiger charge is 2.23. The van der Waals surface area contributed by atoms with E-state index < -0.39 is 10.0 Å². The number of ether oxygens (including phenoxy) is 1. The van der Waals surface area contributed by atoms with E-state index in [1.807, 2.05) is 18.2 Å². The van der Waals surface area contributed by atoms with Crippen LogP contribution in [-0.2, 0) is 20.6 Å². The van der Waals surface area contributed by atoms with E-state index in [1.165, 1.54) is 16.2 Å². The highest BCUT2D eigenvalue weighted by molar-refractivity contribution is 7.92. The number of hydrogen-bond donors (Lipinski definition) is 1. The summed E-state index contributed by atoms with van der Waals surface area (Å²) >= 11 is 1.21. The van der Waals surface area contributed by atoms with Crippen molar-refractivity contribution in [3.05, 3.63) is 59.5 Å². The summed E-state index contributed by atoms with van der Waals surface area (Å²) < 4.78 is 32.7. The van der Waals surface area contributed by atoms with Gasteiger partial charge in [0.05, 0.1) is 17.1 Å². The molecular formula is C19H17N3O4S2. The predicted molar refractivity (Wildman–Crippen MR) is 109 cm³/mol. The number of fused-ring (bicyclic) bond motifs is 1. The molecule has 0 bridgehead atoms. The maximum atomic E-state index is 12.4. The van der Waals surface area contributed by atoms with Crippen LogP contribution in [0.15, 0.2) is 53.9 Å². The van der Waals surface area contributed by atoms with Crippen molar-refractivity contribution >= 4 is 38.1 Å². The Bertz CT molecular complexity index is 1130. The molecule has 0 unspecified atom stereocenters. The summed E-state index contributed by atoms with van der Waals surface area (Å²) in [6.45, 7) is 0.0207. The Labute approximate surface area is 166 Å². The van der Waals surface area contributed by atoms with Crippen molar-refractivity contribution in [1.82, 2.24) is 4.98 Å². The maximum absolute atomic E-state index is 12.4. The minimum atomic E-state index is -3.56. The molecule has 1 aliphatic rings. The van der Waals surface area contributed by atoms with Crippen LogP contribution in [0.3, 0.4) is 0 Å². The minimum absolute atomic E-state index is 0.0207. The fourth-order valence-corrected chi connectivity index (χ4v) is 5.00. The third-order valence-electron chi connectivity index (χ3n) is 4.29. The molecule has 144 valence electrons. The first kappa shape index (κ1) is 18.5. The van der Waals surface area contributed by atoms with Crippen LogP contribution in [0.25, 0.3) is 11.3 Å². The topological polar surface area (TPSA) is 88.6 Å². The summed E-state index contributed by atoms with van der Waals surface area (Å²) in [5.74, 6) is 0.383. The van der Waals surface area contributed by atoms with Gasteiger partial charge in [0.15, 0.2) is 11.7 Å². The van der Waals surface area contributed by atoms with Crippen LogP contribution in [0.5, 0.6) is 5.75 Å². The van der Waals surface area contributed by atoms with Crippen molar-refractivity contribution < 1.29 is 17.9 Å². The average Bonchev–Trinajstić information content (AvgIpc) is 3.12. The minimum Gasteiger partial charge on any atom is -0.482 e. The number of amides is 1. The summed E-state index contributed by atoms with van der Waals surface area (Å²) in [5, 5.41) is 2.07. The molecule has 0 radical (unpaired) electrons. The summed E-state index contributed by atoms with van der Waals surface area (Å²) in [6.07, 6.45) is 0. The number of nitrogens with one attached hydrogen (secondary N) is 1. The van der Waals surface area contributed by atoms with Crippen molar-refractivity contribution in [2.45, 2.75) is 5.75 Å². The van der Waals surface area contributed by atoms with E-state index in [0.717, 1.165) is 5.56 Å². The van der Waals surface area contributed by atoms with Gasteiger partial charge in [0.1, 0.15) is 5.75 Å². The van der Waals surface area contributed by atoms with Gasteiger partial charge in [0.2, 0.25) is 10.0 Å². The largest absolute Gasteiger partial charge is 0.482 e. The van der Waals surface area contributed by atoms with E-state index in [1.54, 1.807) is 42.8 Å². The average molecular weight is 415 g/mol. The van der Waals surface area contributed by atoms with Crippen molar-refractivity contribution in [3.63, 3.8) is 0 Å². The van der Waals surface area contributed by atoms with Gasteiger partial charge in [0.25, 0.3) is 5.91 Å². The summed E-state index contributed by atoms with van der Waals surface area (Å²) in [6, 6.07) is 14.4. The van der Waals surface area contributed by atoms with Crippen LogP contribution in [0.2, 0.25) is 0 Å². The number of rotatable bonds is 5. The molecule has 3 aromatic rings. The second kappa shape index (κ2) is 7.25. The molecule has 2 heterocycles. The fourth-order valence-electron chi connectivity index (χ4n) is 2.85. The Kier molecular flexibility index (Phi) is 4.78. The van der Waals surface area contributed by atoms with Crippen LogP contribution >= 0.6 is 11.3 Å². The third-order valence-corrected chi connectivity index (χ3v) is 6.39. The van der Waals surface area contributed by atoms with Crippen LogP contribution in [0.4, 0.5) is 10.8 Å². The Balaban J connectivity index is 1.54. The monoisotopic (exact) mass is 415 g/mol. The highest BCUT2D eigenvalue weighted by Crippen LogP contribution is 2.36. The molecule has 9 heteroatoms. The molecule has 2 aromatic carbocycles. The normalized spacial score (nSPS) is 13.8. The van der Waals surface area contributed by atoms with Gasteiger partial charge in [-0.25, -0.2) is 13.4 Å². The molecule has 28 heavy (non-hydrogen) atoms. The smallest absolute Gasteiger partial charge is 0.264 e. The number of thiazole rings is 1. The van der Waals surface area contributed by atoms with E-state index in [-0.39, 0.29) is 18.3 Å². The number of nitrogens with zero attached hydrogens (tertiary/aromatic N) is 2. The summed E-state index contributed by atoms with van der Waals surface area (Å²) in [4.78, 5) is 17.8. The molecule has 7 nitrogen and oxygen atoms in total. The first-order chi connectivity index (χ1) is 13.4. The zero-order chi connectivity index (χ0) is 19.7. The van der Waals surface area contributed by atoms with Crippen molar-refractivity contribution in [2.75, 3.05) is 23.3 Å². The first-order valence-corrected chi connectivity index (χ1v) is 11.0. The van der Waals surface area contributed by atoms with E-state index in [4.69, 9.17) is 4.74 Å². The summed E-state index contributed by atoms with van der Waals surface area (Å²) in [7, 11) is -1.87. The van der Waals surface area contributed by atoms with Gasteiger partial charge in [-0.05, 0) is 23.8 Å². The number of hydrogen-bond acceptors (Lipinski definition) is 6. The van der Waals surface area contributed by atoms with Crippen LogP contribution in [-0.4, -0.2) is 33.0 Å². The fraction of sp³-hybridized carbons (Fsp3) is 0.158. The Morgan fingerprint density at radius 3 is 2.79 bits per heavy atom. The molecule has 0 atom stereocenters. The molecule has 1 aliphatic heterocycles. The van der Waals surface area contributed by atoms with Crippen molar-refractivity contribution in [2.24, 2.45) is 0 Å². The van der Waals surface area contributed by atoms with Crippen molar-refractivity contribution in [3.8, 4) is 17.0 Å². The Hall–Kier alpha value is -2.91. The predicted octanol–water partition coefficient (Wildman–Crippen LogP) is 3.11. The molecule has 0 fully saturated rings. The van der Waals surface area contributed by atoms with Gasteiger partial charge >= 0.3 is 0 Å². The molecule has 1 N–H and O–H groups in total. The van der Waals surface area contributed by atoms with E-state index in [9.17, 15) is 13.2 Å². The second-order valence-corrected chi connectivity index (χ2v) is 8.89. The standard InChI is InChI=1S/C19H17N3O4S2/c1-22-16-9-14(7-8-17(16)26-10-18(22)23)15-11-27-19(20-15)21-28(24,25)12-13-5-3-2-4-6-13/h2-9,11H,10,12H2,1H3,(H,20,21). The van der Waals surface area contributed by atoms with Crippen LogP contribution < -0.4 is 14.4 Å². The molecular weight excluding hydrogens is 398 g/mol. The molecule has 0 spiro atoms. The third kappa shape index (κ3) is 3.85. The molecule has 1 aromatic heterocycles. The molecule has 0 aliphatic carbocycles. The Morgan fingerprint density at radius 1 is 1.21 bits per heavy atom. The van der Waals surface area contributed by atoms with Gasteiger partial charge in [-0.3, -0.25) is 9.52 Å². The number of aromatic nitrogens is 1. The number of sulfonamides is 1. The molecule has 1 amide bonds. The lowest BCUT2D eigenvalue weighted by molar-refractivity contribution is -0.120. The van der Waals surface area contributed by atoms with E-state index in [0.29, 0.717) is 27.8 Å². The second-order valence-electron chi connectivity index (χ2n) is 6.31. The lowest BCUT2D eigenvalue weighted by Gasteiger charge is -2.26. The van der Waals surface area contributed by atoms with Gasteiger partial charge in [-0.1, -0.05) is 30.3 Å². The maximum Gasteiger partial charge on any atom is 0.264 e. The lowest BCUT2D eigenvalue weighted by Crippen LogP contribution is -2.35. The quantitative estimate of drug-likeness (QED) is 0.692. The van der Waals surface area contributed by atoms with Gasteiger partial charge in [-0.2, -0.15) is 0 Å². The number of benzene rings is 2. The van der Waals surface area contributed by atoms with E-state index >= 15 is 0 Å². The number of anilines is 2. The first-order valence-electron chi connectivity index (χ1n) is 8.45. The number of likely N-dealkylation sites (N-methyl/N-ethyl adjacent to an activating group) is 1. The molecule has 0 saturated carbocycles. The number of carbonyl (C=O) groups is 1. The van der Waals surface area contributed by atoms with Crippen molar-refractivity contribution in [1.29, 1.82) is 0 Å². The zero-order valence-corrected chi connectivity index (χ0v) is 16.6. The van der Waals surface area contributed by atoms with Gasteiger partial charge < -0.3 is 9.64 Å². The van der Waals surface area contributed by atoms with Crippen LogP contribution in [0, 0.1) is 0 Å². The van der Waals surface area contributed by atoms with Crippen LogP contribution in [0.1, 0.15) is 5.56 Å². The van der Waals surface area contributed by atoms with Gasteiger partial charge in [0, 0.05) is 18.0 Å². The lowest BCUT2D eigenvalue weighted by atomic mass is 10.1. The van der Waals surface area contributed by atoms with Gasteiger partial charge in [-0.15, -0.1) is 11.3 Å².